The van der Waals surface area contributed by atoms with Crippen LogP contribution in [0.4, 0.5) is 34.1 Å². The van der Waals surface area contributed by atoms with Gasteiger partial charge in [-0.05, 0) is 92.8 Å². The molecule has 6 rings (SSSR count). The van der Waals surface area contributed by atoms with E-state index in [2.05, 4.69) is 16.0 Å². The van der Waals surface area contributed by atoms with Gasteiger partial charge in [-0.25, -0.2) is 9.59 Å². The van der Waals surface area contributed by atoms with E-state index >= 15 is 0 Å². The first-order chi connectivity index (χ1) is 23.0. The summed E-state index contributed by atoms with van der Waals surface area (Å²) in [6, 6.07) is 8.07. The lowest BCUT2D eigenvalue weighted by atomic mass is 9.79. The third-order valence-corrected chi connectivity index (χ3v) is 10.8. The van der Waals surface area contributed by atoms with E-state index in [0.717, 1.165) is 56.1 Å². The molecule has 260 valence electrons. The molecule has 5 N–H and O–H groups in total. The van der Waals surface area contributed by atoms with Crippen LogP contribution < -0.4 is 21.7 Å². The highest BCUT2D eigenvalue weighted by Gasteiger charge is 2.38. The number of fused-ring (bicyclic) bond motifs is 1. The molecule has 0 bridgehead atoms. The summed E-state index contributed by atoms with van der Waals surface area (Å²) in [5, 5.41) is 8.93. The number of piperidine rings is 3. The zero-order valence-corrected chi connectivity index (χ0v) is 27.6. The maximum Gasteiger partial charge on any atom is 0.418 e. The summed E-state index contributed by atoms with van der Waals surface area (Å²) in [4.78, 5) is 45.6. The number of rotatable bonds is 6. The van der Waals surface area contributed by atoms with Crippen LogP contribution in [0.15, 0.2) is 36.4 Å². The molecule has 4 aliphatic rings. The standard InChI is InChI=1S/C34H43ClF3N7O3/c35-27-18-21(17-26(30(27)39)34(36,37)38)19-29(31(46)43-13-7-23(8-14-43)22-5-11-40-12-6-22)42-32(47)44-15-9-25(10-16-44)45-20-24-3-1-2-4-28(24)41-33(45)48/h1-4,17-18,22-23,25,29,40H,5-16,19-20,39H2,(H,41,48)(H,42,47)/t29-/m1/s1. The van der Waals surface area contributed by atoms with Crippen LogP contribution in [-0.2, 0) is 23.9 Å². The number of nitrogens with one attached hydrogen (secondary N) is 3. The highest BCUT2D eigenvalue weighted by molar-refractivity contribution is 6.33. The number of nitrogens with two attached hydrogens (primary N) is 1. The van der Waals surface area contributed by atoms with Crippen molar-refractivity contribution in [2.75, 3.05) is 50.3 Å². The van der Waals surface area contributed by atoms with E-state index in [-0.39, 0.29) is 35.0 Å². The van der Waals surface area contributed by atoms with E-state index in [1.165, 1.54) is 6.07 Å². The van der Waals surface area contributed by atoms with Gasteiger partial charge < -0.3 is 36.4 Å². The fraction of sp³-hybridized carbons (Fsp3) is 0.559. The molecular weight excluding hydrogens is 647 g/mol. The molecule has 0 radical (unpaired) electrons. The number of halogens is 4. The van der Waals surface area contributed by atoms with Crippen molar-refractivity contribution < 1.29 is 27.6 Å². The highest BCUT2D eigenvalue weighted by atomic mass is 35.5. The van der Waals surface area contributed by atoms with Gasteiger partial charge in [0, 0.05) is 50.9 Å². The van der Waals surface area contributed by atoms with Gasteiger partial charge in [0.25, 0.3) is 0 Å². The lowest BCUT2D eigenvalue weighted by Crippen LogP contribution is -2.57. The number of hydrogen-bond donors (Lipinski definition) is 4. The molecule has 2 aromatic carbocycles. The van der Waals surface area contributed by atoms with E-state index < -0.39 is 29.5 Å². The van der Waals surface area contributed by atoms with Gasteiger partial charge >= 0.3 is 18.2 Å². The highest BCUT2D eigenvalue weighted by Crippen LogP contribution is 2.38. The van der Waals surface area contributed by atoms with Crippen LogP contribution in [0.2, 0.25) is 5.02 Å². The Labute approximate surface area is 283 Å². The molecule has 1 atom stereocenters. The Bertz CT molecular complexity index is 1500. The number of amides is 5. The van der Waals surface area contributed by atoms with Crippen LogP contribution in [0.1, 0.15) is 55.2 Å². The van der Waals surface area contributed by atoms with Crippen molar-refractivity contribution in [1.29, 1.82) is 0 Å². The van der Waals surface area contributed by atoms with E-state index in [1.807, 2.05) is 24.3 Å². The fourth-order valence-electron chi connectivity index (χ4n) is 7.73. The molecule has 0 unspecified atom stereocenters. The molecule has 0 aromatic heterocycles. The smallest absolute Gasteiger partial charge is 0.397 e. The quantitative estimate of drug-likeness (QED) is 0.306. The zero-order chi connectivity index (χ0) is 34.0. The number of carbonyl (C=O) groups is 3. The maximum atomic E-state index is 14.0. The SMILES string of the molecule is Nc1c(Cl)cc(C[C@@H](NC(=O)N2CCC(N3Cc4ccccc4NC3=O)CC2)C(=O)N2CCC(C3CCNCC3)CC2)cc1C(F)(F)F. The number of alkyl halides is 3. The van der Waals surface area contributed by atoms with Crippen LogP contribution >= 0.6 is 11.6 Å². The molecule has 10 nitrogen and oxygen atoms in total. The second-order valence-electron chi connectivity index (χ2n) is 13.4. The number of urea groups is 2. The van der Waals surface area contributed by atoms with Crippen LogP contribution in [0.3, 0.4) is 0 Å². The molecule has 5 amide bonds. The Morgan fingerprint density at radius 2 is 1.60 bits per heavy atom. The van der Waals surface area contributed by atoms with E-state index in [1.54, 1.807) is 14.7 Å². The Balaban J connectivity index is 1.13. The van der Waals surface area contributed by atoms with Crippen LogP contribution in [0, 0.1) is 11.8 Å². The summed E-state index contributed by atoms with van der Waals surface area (Å²) < 4.78 is 41.3. The summed E-state index contributed by atoms with van der Waals surface area (Å²) in [5.74, 6) is 0.809. The molecule has 4 heterocycles. The number of benzene rings is 2. The molecule has 3 fully saturated rings. The van der Waals surface area contributed by atoms with Crippen molar-refractivity contribution in [3.63, 3.8) is 0 Å². The normalized spacial score (nSPS) is 20.7. The Morgan fingerprint density at radius 1 is 0.958 bits per heavy atom. The minimum atomic E-state index is -4.74. The molecule has 48 heavy (non-hydrogen) atoms. The van der Waals surface area contributed by atoms with Gasteiger partial charge in [0.2, 0.25) is 5.91 Å². The van der Waals surface area contributed by atoms with Crippen molar-refractivity contribution in [1.82, 2.24) is 25.3 Å². The minimum absolute atomic E-state index is 0.0706. The molecule has 3 saturated heterocycles. The van der Waals surface area contributed by atoms with Crippen molar-refractivity contribution in [3.8, 4) is 0 Å². The lowest BCUT2D eigenvalue weighted by molar-refractivity contribution is -0.137. The number of para-hydroxylation sites is 1. The Hall–Kier alpha value is -3.71. The van der Waals surface area contributed by atoms with Crippen LogP contribution in [0.25, 0.3) is 0 Å². The first-order valence-electron chi connectivity index (χ1n) is 16.8. The average Bonchev–Trinajstić information content (AvgIpc) is 3.09. The number of anilines is 2. The van der Waals surface area contributed by atoms with Gasteiger partial charge in [-0.1, -0.05) is 29.8 Å². The van der Waals surface area contributed by atoms with Gasteiger partial charge in [0.05, 0.1) is 16.3 Å². The second-order valence-corrected chi connectivity index (χ2v) is 13.8. The molecule has 2 aromatic rings. The Kier molecular flexibility index (Phi) is 10.3. The van der Waals surface area contributed by atoms with Crippen molar-refractivity contribution in [3.05, 3.63) is 58.1 Å². The van der Waals surface area contributed by atoms with Gasteiger partial charge in [-0.3, -0.25) is 4.79 Å². The topological polar surface area (TPSA) is 123 Å². The predicted molar refractivity (Wildman–Crippen MR) is 177 cm³/mol. The maximum absolute atomic E-state index is 14.0. The second kappa shape index (κ2) is 14.4. The summed E-state index contributed by atoms with van der Waals surface area (Å²) in [7, 11) is 0. The lowest BCUT2D eigenvalue weighted by Gasteiger charge is -2.41. The molecule has 0 spiro atoms. The molecule has 4 aliphatic heterocycles. The third-order valence-electron chi connectivity index (χ3n) is 10.5. The zero-order valence-electron chi connectivity index (χ0n) is 26.8. The molecular formula is C34H43ClF3N7O3. The van der Waals surface area contributed by atoms with Crippen molar-refractivity contribution >= 4 is 40.9 Å². The van der Waals surface area contributed by atoms with Gasteiger partial charge in [0.1, 0.15) is 6.04 Å². The summed E-state index contributed by atoms with van der Waals surface area (Å²) in [6.07, 6.45) is 0.122. The van der Waals surface area contributed by atoms with Crippen LogP contribution in [-0.4, -0.2) is 84.0 Å². The number of nitrogens with zero attached hydrogens (tertiary/aromatic N) is 3. The minimum Gasteiger partial charge on any atom is -0.397 e. The molecule has 0 saturated carbocycles. The fourth-order valence-corrected chi connectivity index (χ4v) is 7.97. The summed E-state index contributed by atoms with van der Waals surface area (Å²) in [5.41, 5.74) is 5.98. The number of nitrogen functional groups attached to an aromatic ring is 1. The third kappa shape index (κ3) is 7.62. The van der Waals surface area contributed by atoms with Crippen LogP contribution in [0.5, 0.6) is 0 Å². The summed E-state index contributed by atoms with van der Waals surface area (Å²) in [6.45, 7) is 4.25. The van der Waals surface area contributed by atoms with E-state index in [4.69, 9.17) is 17.3 Å². The van der Waals surface area contributed by atoms with Crippen molar-refractivity contribution in [2.24, 2.45) is 11.8 Å². The first kappa shape index (κ1) is 34.2. The van der Waals surface area contributed by atoms with Gasteiger partial charge in [0.15, 0.2) is 0 Å². The van der Waals surface area contributed by atoms with Gasteiger partial charge in [-0.15, -0.1) is 0 Å². The Morgan fingerprint density at radius 3 is 2.29 bits per heavy atom. The molecule has 14 heteroatoms. The number of carbonyl (C=O) groups excluding carboxylic acids is 3. The first-order valence-corrected chi connectivity index (χ1v) is 17.2. The predicted octanol–water partition coefficient (Wildman–Crippen LogP) is 5.31. The van der Waals surface area contributed by atoms with Crippen molar-refractivity contribution in [2.45, 2.75) is 69.8 Å². The largest absolute Gasteiger partial charge is 0.418 e. The van der Waals surface area contributed by atoms with E-state index in [0.29, 0.717) is 57.4 Å². The monoisotopic (exact) mass is 689 g/mol. The number of likely N-dealkylation sites (tertiary alicyclic amines) is 2. The van der Waals surface area contributed by atoms with Gasteiger partial charge in [-0.2, -0.15) is 13.2 Å². The number of hydrogen-bond acceptors (Lipinski definition) is 5. The average molecular weight is 690 g/mol. The summed E-state index contributed by atoms with van der Waals surface area (Å²) >= 11 is 6.12. The molecule has 0 aliphatic carbocycles. The van der Waals surface area contributed by atoms with E-state index in [9.17, 15) is 27.6 Å².